The molecule has 0 atom stereocenters. The molecule has 0 bridgehead atoms. The van der Waals surface area contributed by atoms with Crippen LogP contribution in [0.4, 0.5) is 8.78 Å². The highest BCUT2D eigenvalue weighted by atomic mass is 19.1. The van der Waals surface area contributed by atoms with Crippen molar-refractivity contribution < 1.29 is 13.2 Å². The lowest BCUT2D eigenvalue weighted by Crippen LogP contribution is -2.29. The summed E-state index contributed by atoms with van der Waals surface area (Å²) in [6.45, 7) is 4.09. The van der Waals surface area contributed by atoms with Crippen molar-refractivity contribution in [3.63, 3.8) is 0 Å². The Bertz CT molecular complexity index is 1480. The third-order valence-corrected chi connectivity index (χ3v) is 6.71. The average Bonchev–Trinajstić information content (AvgIpc) is 3.35. The van der Waals surface area contributed by atoms with Crippen LogP contribution in [0.2, 0.25) is 0 Å². The second-order valence-electron chi connectivity index (χ2n) is 8.60. The summed E-state index contributed by atoms with van der Waals surface area (Å²) >= 11 is 0. The summed E-state index contributed by atoms with van der Waals surface area (Å²) in [6.07, 6.45) is 1.70. The first-order valence-electron chi connectivity index (χ1n) is 10.6. The molecule has 1 nitrogen and oxygen atoms in total. The SMILES string of the molecule is Cc1ccc2c(c1)C(c1cccc(F)c1)(c1cccc(F)c1)c1cc(C)c3ccoc3c1-2. The molecule has 4 aromatic carbocycles. The van der Waals surface area contributed by atoms with Crippen molar-refractivity contribution in [1.29, 1.82) is 0 Å². The highest BCUT2D eigenvalue weighted by Gasteiger charge is 2.48. The summed E-state index contributed by atoms with van der Waals surface area (Å²) in [5, 5.41) is 1.05. The van der Waals surface area contributed by atoms with Crippen LogP contribution < -0.4 is 0 Å². The van der Waals surface area contributed by atoms with E-state index in [0.29, 0.717) is 0 Å². The summed E-state index contributed by atoms with van der Waals surface area (Å²) in [6, 6.07) is 23.7. The summed E-state index contributed by atoms with van der Waals surface area (Å²) in [5.74, 6) is -0.645. The molecule has 0 aliphatic heterocycles. The van der Waals surface area contributed by atoms with Crippen molar-refractivity contribution in [2.45, 2.75) is 19.3 Å². The van der Waals surface area contributed by atoms with Gasteiger partial charge in [0.15, 0.2) is 0 Å². The van der Waals surface area contributed by atoms with E-state index in [1.165, 1.54) is 12.1 Å². The Labute approximate surface area is 184 Å². The Morgan fingerprint density at radius 2 is 1.41 bits per heavy atom. The van der Waals surface area contributed by atoms with Crippen molar-refractivity contribution >= 4 is 11.0 Å². The van der Waals surface area contributed by atoms with Crippen LogP contribution in [0.3, 0.4) is 0 Å². The molecule has 1 aliphatic carbocycles. The van der Waals surface area contributed by atoms with E-state index in [-0.39, 0.29) is 11.6 Å². The lowest BCUT2D eigenvalue weighted by molar-refractivity contribution is 0.612. The number of aryl methyl sites for hydroxylation is 2. The van der Waals surface area contributed by atoms with Gasteiger partial charge in [0.1, 0.15) is 17.2 Å². The Morgan fingerprint density at radius 1 is 0.719 bits per heavy atom. The fraction of sp³-hybridized carbons (Fsp3) is 0.103. The summed E-state index contributed by atoms with van der Waals surface area (Å²) < 4.78 is 35.2. The molecule has 0 saturated heterocycles. The smallest absolute Gasteiger partial charge is 0.142 e. The summed E-state index contributed by atoms with van der Waals surface area (Å²) in [4.78, 5) is 0. The molecule has 3 heteroatoms. The Hall–Kier alpha value is -3.72. The Kier molecular flexibility index (Phi) is 3.94. The van der Waals surface area contributed by atoms with E-state index in [0.717, 1.165) is 55.5 Å². The fourth-order valence-corrected chi connectivity index (χ4v) is 5.43. The third kappa shape index (κ3) is 2.42. The highest BCUT2D eigenvalue weighted by Crippen LogP contribution is 2.58. The molecule has 6 rings (SSSR count). The molecule has 1 aromatic heterocycles. The molecule has 156 valence electrons. The van der Waals surface area contributed by atoms with E-state index in [9.17, 15) is 8.78 Å². The second-order valence-corrected chi connectivity index (χ2v) is 8.60. The topological polar surface area (TPSA) is 13.1 Å². The lowest BCUT2D eigenvalue weighted by atomic mass is 9.67. The van der Waals surface area contributed by atoms with Gasteiger partial charge in [-0.1, -0.05) is 54.1 Å². The van der Waals surface area contributed by atoms with Crippen LogP contribution in [-0.2, 0) is 5.41 Å². The van der Waals surface area contributed by atoms with Crippen LogP contribution in [-0.4, -0.2) is 0 Å². The van der Waals surface area contributed by atoms with Gasteiger partial charge in [-0.3, -0.25) is 0 Å². The van der Waals surface area contributed by atoms with Crippen LogP contribution in [0.25, 0.3) is 22.1 Å². The number of halogens is 2. The first-order chi connectivity index (χ1) is 15.5. The van der Waals surface area contributed by atoms with Crippen molar-refractivity contribution in [3.05, 3.63) is 130 Å². The van der Waals surface area contributed by atoms with Crippen LogP contribution >= 0.6 is 0 Å². The van der Waals surface area contributed by atoms with Crippen LogP contribution in [0, 0.1) is 25.5 Å². The van der Waals surface area contributed by atoms with Gasteiger partial charge in [0.25, 0.3) is 0 Å². The predicted molar refractivity (Wildman–Crippen MR) is 123 cm³/mol. The van der Waals surface area contributed by atoms with Crippen molar-refractivity contribution in [1.82, 2.24) is 0 Å². The second kappa shape index (κ2) is 6.64. The number of benzene rings is 4. The van der Waals surface area contributed by atoms with Gasteiger partial charge in [-0.15, -0.1) is 0 Å². The molecule has 0 unspecified atom stereocenters. The molecule has 0 N–H and O–H groups in total. The first kappa shape index (κ1) is 19.0. The van der Waals surface area contributed by atoms with Crippen LogP contribution in [0.15, 0.2) is 89.5 Å². The largest absolute Gasteiger partial charge is 0.464 e. The van der Waals surface area contributed by atoms with Crippen molar-refractivity contribution in [2.75, 3.05) is 0 Å². The molecule has 5 aromatic rings. The fourth-order valence-electron chi connectivity index (χ4n) is 5.43. The van der Waals surface area contributed by atoms with Gasteiger partial charge >= 0.3 is 0 Å². The molecule has 0 amide bonds. The maximum absolute atomic E-state index is 14.6. The molecule has 32 heavy (non-hydrogen) atoms. The average molecular weight is 422 g/mol. The zero-order valence-electron chi connectivity index (χ0n) is 17.7. The van der Waals surface area contributed by atoms with Crippen LogP contribution in [0.1, 0.15) is 33.4 Å². The molecule has 0 radical (unpaired) electrons. The minimum Gasteiger partial charge on any atom is -0.464 e. The van der Waals surface area contributed by atoms with Gasteiger partial charge in [-0.25, -0.2) is 8.78 Å². The number of rotatable bonds is 2. The minimum absolute atomic E-state index is 0.322. The number of fused-ring (bicyclic) bond motifs is 5. The summed E-state index contributed by atoms with van der Waals surface area (Å²) in [7, 11) is 0. The van der Waals surface area contributed by atoms with Gasteiger partial charge in [0.05, 0.1) is 11.7 Å². The number of furan rings is 1. The lowest BCUT2D eigenvalue weighted by Gasteiger charge is -2.34. The standard InChI is InChI=1S/C29H20F2O/c1-17-9-10-24-25(13-17)29(19-5-3-7-21(30)15-19,20-6-4-8-22(31)16-20)26-14-18(2)23-11-12-32-28(23)27(24)26/h3-16H,1-2H3. The van der Waals surface area contributed by atoms with E-state index < -0.39 is 5.41 Å². The minimum atomic E-state index is -0.868. The van der Waals surface area contributed by atoms with Gasteiger partial charge in [0.2, 0.25) is 0 Å². The van der Waals surface area contributed by atoms with E-state index in [1.807, 2.05) is 32.0 Å². The Balaban J connectivity index is 1.88. The van der Waals surface area contributed by atoms with E-state index in [1.54, 1.807) is 30.5 Å². The first-order valence-corrected chi connectivity index (χ1v) is 10.6. The molecular weight excluding hydrogens is 402 g/mol. The predicted octanol–water partition coefficient (Wildman–Crippen LogP) is 7.69. The Morgan fingerprint density at radius 3 is 2.06 bits per heavy atom. The van der Waals surface area contributed by atoms with Crippen LogP contribution in [0.5, 0.6) is 0 Å². The zero-order valence-corrected chi connectivity index (χ0v) is 17.7. The molecular formula is C29H20F2O. The monoisotopic (exact) mass is 422 g/mol. The van der Waals surface area contributed by atoms with Crippen molar-refractivity contribution in [2.24, 2.45) is 0 Å². The zero-order chi connectivity index (χ0) is 22.0. The highest BCUT2D eigenvalue weighted by molar-refractivity contribution is 6.02. The normalized spacial score (nSPS) is 13.9. The third-order valence-electron chi connectivity index (χ3n) is 6.71. The van der Waals surface area contributed by atoms with E-state index >= 15 is 0 Å². The van der Waals surface area contributed by atoms with Gasteiger partial charge < -0.3 is 4.42 Å². The van der Waals surface area contributed by atoms with Gasteiger partial charge in [-0.05, 0) is 77.6 Å². The molecule has 1 aliphatic rings. The quantitative estimate of drug-likeness (QED) is 0.279. The summed E-state index contributed by atoms with van der Waals surface area (Å²) in [5.41, 5.74) is 7.61. The van der Waals surface area contributed by atoms with Gasteiger partial charge in [0, 0.05) is 10.9 Å². The maximum atomic E-state index is 14.6. The van der Waals surface area contributed by atoms with E-state index in [4.69, 9.17) is 4.42 Å². The molecule has 0 spiro atoms. The maximum Gasteiger partial charge on any atom is 0.142 e. The van der Waals surface area contributed by atoms with Gasteiger partial charge in [-0.2, -0.15) is 0 Å². The molecule has 0 saturated carbocycles. The van der Waals surface area contributed by atoms with Crippen molar-refractivity contribution in [3.8, 4) is 11.1 Å². The number of hydrogen-bond acceptors (Lipinski definition) is 1. The number of hydrogen-bond donors (Lipinski definition) is 0. The molecule has 0 fully saturated rings. The van der Waals surface area contributed by atoms with E-state index in [2.05, 4.69) is 24.3 Å². The molecule has 1 heterocycles.